The topological polar surface area (TPSA) is 26.3 Å². The Morgan fingerprint density at radius 2 is 2.29 bits per heavy atom. The molecular weight excluding hydrogens is 203 g/mol. The number of ether oxygens (including phenoxy) is 1. The first kappa shape index (κ1) is 9.15. The predicted octanol–water partition coefficient (Wildman–Crippen LogP) is 2.86. The molecule has 4 heteroatoms. The summed E-state index contributed by atoms with van der Waals surface area (Å²) in [5.41, 5.74) is 0.0856. The van der Waals surface area contributed by atoms with Gasteiger partial charge in [0.05, 0.1) is 12.7 Å². The van der Waals surface area contributed by atoms with Crippen molar-refractivity contribution in [2.75, 3.05) is 7.11 Å². The minimum absolute atomic E-state index is 0.0856. The van der Waals surface area contributed by atoms with Crippen LogP contribution in [0.25, 0.3) is 10.1 Å². The van der Waals surface area contributed by atoms with Crippen molar-refractivity contribution in [3.05, 3.63) is 28.9 Å². The Kier molecular flexibility index (Phi) is 2.21. The van der Waals surface area contributed by atoms with Gasteiger partial charge >= 0.3 is 0 Å². The molecule has 1 aromatic heterocycles. The van der Waals surface area contributed by atoms with Crippen LogP contribution in [0.1, 0.15) is 10.4 Å². The third-order valence-electron chi connectivity index (χ3n) is 2.01. The lowest BCUT2D eigenvalue weighted by Crippen LogP contribution is -1.86. The van der Waals surface area contributed by atoms with Gasteiger partial charge in [-0.3, -0.25) is 4.79 Å². The monoisotopic (exact) mass is 210 g/mol. The molecule has 0 bridgehead atoms. The average molecular weight is 210 g/mol. The number of carbonyl (C=O) groups excluding carboxylic acids is 1. The number of carbonyl (C=O) groups is 1. The van der Waals surface area contributed by atoms with Crippen molar-refractivity contribution < 1.29 is 13.9 Å². The van der Waals surface area contributed by atoms with Gasteiger partial charge in [-0.15, -0.1) is 11.3 Å². The Morgan fingerprint density at radius 3 is 2.93 bits per heavy atom. The minimum atomic E-state index is -0.459. The highest BCUT2D eigenvalue weighted by atomic mass is 32.1. The van der Waals surface area contributed by atoms with Crippen LogP contribution in [0.2, 0.25) is 0 Å². The minimum Gasteiger partial charge on any atom is -0.496 e. The fraction of sp³-hybridized carbons (Fsp3) is 0.100. The first-order chi connectivity index (χ1) is 6.77. The molecule has 2 nitrogen and oxygen atoms in total. The summed E-state index contributed by atoms with van der Waals surface area (Å²) < 4.78 is 19.0. The lowest BCUT2D eigenvalue weighted by atomic mass is 10.2. The molecule has 0 radical (unpaired) electrons. The van der Waals surface area contributed by atoms with E-state index >= 15 is 0 Å². The highest BCUT2D eigenvalue weighted by molar-refractivity contribution is 7.18. The summed E-state index contributed by atoms with van der Waals surface area (Å²) in [5, 5.41) is 0.104. The molecule has 0 aliphatic carbocycles. The summed E-state index contributed by atoms with van der Waals surface area (Å²) >= 11 is 0.955. The number of aldehydes is 1. The van der Waals surface area contributed by atoms with Crippen LogP contribution in [-0.4, -0.2) is 13.4 Å². The smallest absolute Gasteiger partial charge is 0.188 e. The molecule has 72 valence electrons. The van der Waals surface area contributed by atoms with Gasteiger partial charge in [0, 0.05) is 10.1 Å². The van der Waals surface area contributed by atoms with E-state index in [4.69, 9.17) is 4.74 Å². The summed E-state index contributed by atoms with van der Waals surface area (Å²) in [6.07, 6.45) is 0.524. The molecule has 0 amide bonds. The first-order valence-electron chi connectivity index (χ1n) is 3.98. The van der Waals surface area contributed by atoms with Crippen molar-refractivity contribution in [3.8, 4) is 5.75 Å². The van der Waals surface area contributed by atoms with Gasteiger partial charge in [-0.2, -0.15) is 4.39 Å². The van der Waals surface area contributed by atoms with Gasteiger partial charge in [0.1, 0.15) is 5.75 Å². The zero-order chi connectivity index (χ0) is 10.1. The van der Waals surface area contributed by atoms with Crippen molar-refractivity contribution in [2.24, 2.45) is 0 Å². The largest absolute Gasteiger partial charge is 0.496 e. The van der Waals surface area contributed by atoms with Gasteiger partial charge in [0.15, 0.2) is 11.4 Å². The lowest BCUT2D eigenvalue weighted by Gasteiger charge is -2.00. The number of halogens is 1. The molecule has 2 rings (SSSR count). The maximum atomic E-state index is 13.3. The second kappa shape index (κ2) is 3.38. The van der Waals surface area contributed by atoms with Crippen LogP contribution in [0.3, 0.4) is 0 Å². The molecule has 0 aliphatic heterocycles. The highest BCUT2D eigenvalue weighted by Crippen LogP contribution is 2.35. The van der Waals surface area contributed by atoms with Crippen LogP contribution in [0.4, 0.5) is 4.39 Å². The van der Waals surface area contributed by atoms with Crippen molar-refractivity contribution in [3.63, 3.8) is 0 Å². The van der Waals surface area contributed by atoms with E-state index in [1.165, 1.54) is 7.11 Å². The molecule has 2 aromatic rings. The summed E-state index contributed by atoms with van der Waals surface area (Å²) in [6.45, 7) is 0. The van der Waals surface area contributed by atoms with E-state index in [1.54, 1.807) is 18.2 Å². The van der Waals surface area contributed by atoms with E-state index in [-0.39, 0.29) is 5.56 Å². The number of hydrogen-bond acceptors (Lipinski definition) is 3. The maximum Gasteiger partial charge on any atom is 0.188 e. The van der Waals surface area contributed by atoms with Gasteiger partial charge in [0.2, 0.25) is 0 Å². The number of rotatable bonds is 2. The van der Waals surface area contributed by atoms with Crippen molar-refractivity contribution >= 4 is 27.7 Å². The second-order valence-electron chi connectivity index (χ2n) is 2.74. The van der Waals surface area contributed by atoms with Gasteiger partial charge in [-0.25, -0.2) is 0 Å². The summed E-state index contributed by atoms with van der Waals surface area (Å²) in [4.78, 5) is 10.7. The molecule has 1 heterocycles. The summed E-state index contributed by atoms with van der Waals surface area (Å²) in [7, 11) is 1.50. The van der Waals surface area contributed by atoms with E-state index < -0.39 is 5.13 Å². The summed E-state index contributed by atoms with van der Waals surface area (Å²) in [5.74, 6) is 0.532. The Balaban J connectivity index is 2.89. The highest BCUT2D eigenvalue weighted by Gasteiger charge is 2.14. The Morgan fingerprint density at radius 1 is 1.50 bits per heavy atom. The number of thiophene rings is 1. The molecule has 0 fully saturated rings. The fourth-order valence-corrected chi connectivity index (χ4v) is 2.30. The molecule has 0 saturated heterocycles. The molecule has 0 spiro atoms. The van der Waals surface area contributed by atoms with Crippen LogP contribution in [0.5, 0.6) is 5.75 Å². The van der Waals surface area contributed by atoms with Crippen LogP contribution < -0.4 is 4.74 Å². The van der Waals surface area contributed by atoms with Crippen LogP contribution in [-0.2, 0) is 0 Å². The number of benzene rings is 1. The Labute approximate surface area is 83.9 Å². The van der Waals surface area contributed by atoms with Gasteiger partial charge in [-0.05, 0) is 12.1 Å². The molecular formula is C10H7FO2S. The van der Waals surface area contributed by atoms with Crippen LogP contribution >= 0.6 is 11.3 Å². The Hall–Kier alpha value is -1.42. The van der Waals surface area contributed by atoms with E-state index in [0.29, 0.717) is 17.4 Å². The zero-order valence-electron chi connectivity index (χ0n) is 7.41. The number of fused-ring (bicyclic) bond motifs is 1. The molecule has 0 aliphatic rings. The van der Waals surface area contributed by atoms with Crippen LogP contribution in [0, 0.1) is 5.13 Å². The van der Waals surface area contributed by atoms with Crippen LogP contribution in [0.15, 0.2) is 18.2 Å². The average Bonchev–Trinajstić information content (AvgIpc) is 2.52. The van der Waals surface area contributed by atoms with Gasteiger partial charge < -0.3 is 4.74 Å². The Bertz CT molecular complexity index is 490. The maximum absolute atomic E-state index is 13.3. The van der Waals surface area contributed by atoms with Crippen molar-refractivity contribution in [1.29, 1.82) is 0 Å². The van der Waals surface area contributed by atoms with Gasteiger partial charge in [0.25, 0.3) is 0 Å². The standard InChI is InChI=1S/C10H7FO2S/c1-13-7-3-2-4-8-9(7)6(5-12)10(11)14-8/h2-5H,1H3. The van der Waals surface area contributed by atoms with Crippen molar-refractivity contribution in [1.82, 2.24) is 0 Å². The normalized spacial score (nSPS) is 10.4. The lowest BCUT2D eigenvalue weighted by molar-refractivity contribution is 0.112. The molecule has 0 atom stereocenters. The number of hydrogen-bond donors (Lipinski definition) is 0. The quantitative estimate of drug-likeness (QED) is 0.712. The third kappa shape index (κ3) is 1.19. The molecule has 0 N–H and O–H groups in total. The summed E-state index contributed by atoms with van der Waals surface area (Å²) in [6, 6.07) is 5.24. The first-order valence-corrected chi connectivity index (χ1v) is 4.79. The predicted molar refractivity (Wildman–Crippen MR) is 53.7 cm³/mol. The zero-order valence-corrected chi connectivity index (χ0v) is 8.23. The second-order valence-corrected chi connectivity index (χ2v) is 3.74. The van der Waals surface area contributed by atoms with Crippen molar-refractivity contribution in [2.45, 2.75) is 0 Å². The fourth-order valence-electron chi connectivity index (χ4n) is 1.39. The third-order valence-corrected chi connectivity index (χ3v) is 2.97. The van der Waals surface area contributed by atoms with E-state index in [2.05, 4.69) is 0 Å². The molecule has 0 unspecified atom stereocenters. The van der Waals surface area contributed by atoms with E-state index in [1.807, 2.05) is 0 Å². The van der Waals surface area contributed by atoms with E-state index in [9.17, 15) is 9.18 Å². The number of methoxy groups -OCH3 is 1. The van der Waals surface area contributed by atoms with Gasteiger partial charge in [-0.1, -0.05) is 6.07 Å². The SMILES string of the molecule is COc1cccc2sc(F)c(C=O)c12. The molecule has 1 aromatic carbocycles. The molecule has 0 saturated carbocycles. The molecule has 14 heavy (non-hydrogen) atoms. The van der Waals surface area contributed by atoms with E-state index in [0.717, 1.165) is 16.0 Å².